The van der Waals surface area contributed by atoms with Crippen molar-refractivity contribution in [3.05, 3.63) is 76.6 Å². The molecule has 0 aliphatic rings. The Morgan fingerprint density at radius 1 is 1.07 bits per heavy atom. The number of rotatable bonds is 3. The van der Waals surface area contributed by atoms with Gasteiger partial charge in [0.2, 0.25) is 5.89 Å². The molecule has 6 heteroatoms. The molecule has 0 aliphatic heterocycles. The fourth-order valence-electron chi connectivity index (χ4n) is 2.76. The number of pyridine rings is 1. The summed E-state index contributed by atoms with van der Waals surface area (Å²) in [5.74, 6) is 0.220. The zero-order valence-electron chi connectivity index (χ0n) is 14.8. The van der Waals surface area contributed by atoms with Gasteiger partial charge in [0, 0.05) is 17.4 Å². The SMILES string of the molecule is Cc1ccc(-c2nc3cc(NC(=O)c4cccnc4Cl)ccc3o2)cc1C. The third-order valence-electron chi connectivity index (χ3n) is 4.40. The lowest BCUT2D eigenvalue weighted by molar-refractivity contribution is 0.102. The first kappa shape index (κ1) is 17.2. The minimum Gasteiger partial charge on any atom is -0.436 e. The molecule has 0 bridgehead atoms. The van der Waals surface area contributed by atoms with Crippen LogP contribution in [-0.2, 0) is 0 Å². The van der Waals surface area contributed by atoms with Crippen molar-refractivity contribution in [2.24, 2.45) is 0 Å². The molecule has 0 radical (unpaired) electrons. The van der Waals surface area contributed by atoms with Gasteiger partial charge < -0.3 is 9.73 Å². The molecule has 0 atom stereocenters. The fourth-order valence-corrected chi connectivity index (χ4v) is 2.96. The fraction of sp³-hybridized carbons (Fsp3) is 0.0952. The summed E-state index contributed by atoms with van der Waals surface area (Å²) in [4.78, 5) is 20.9. The Hall–Kier alpha value is -3.18. The van der Waals surface area contributed by atoms with Crippen LogP contribution < -0.4 is 5.32 Å². The highest BCUT2D eigenvalue weighted by Gasteiger charge is 2.13. The first-order valence-electron chi connectivity index (χ1n) is 8.41. The normalized spacial score (nSPS) is 10.9. The van der Waals surface area contributed by atoms with Crippen molar-refractivity contribution >= 4 is 34.3 Å². The summed E-state index contributed by atoms with van der Waals surface area (Å²) in [5, 5.41) is 2.97. The van der Waals surface area contributed by atoms with Crippen LogP contribution in [0, 0.1) is 13.8 Å². The largest absolute Gasteiger partial charge is 0.436 e. The van der Waals surface area contributed by atoms with Crippen LogP contribution in [0.3, 0.4) is 0 Å². The van der Waals surface area contributed by atoms with Crippen LogP contribution in [0.5, 0.6) is 0 Å². The number of fused-ring (bicyclic) bond motifs is 1. The van der Waals surface area contributed by atoms with Gasteiger partial charge in [-0.2, -0.15) is 0 Å². The Morgan fingerprint density at radius 3 is 2.70 bits per heavy atom. The molecule has 134 valence electrons. The molecular weight excluding hydrogens is 362 g/mol. The van der Waals surface area contributed by atoms with E-state index in [0.29, 0.717) is 28.2 Å². The number of nitrogens with zero attached hydrogens (tertiary/aromatic N) is 2. The molecule has 2 aromatic carbocycles. The molecular formula is C21H16ClN3O2. The monoisotopic (exact) mass is 377 g/mol. The maximum Gasteiger partial charge on any atom is 0.258 e. The molecule has 0 saturated heterocycles. The zero-order chi connectivity index (χ0) is 19.0. The molecule has 0 aliphatic carbocycles. The van der Waals surface area contributed by atoms with E-state index in [4.69, 9.17) is 16.0 Å². The van der Waals surface area contributed by atoms with Gasteiger partial charge in [0.05, 0.1) is 5.56 Å². The lowest BCUT2D eigenvalue weighted by atomic mass is 10.1. The van der Waals surface area contributed by atoms with E-state index < -0.39 is 0 Å². The van der Waals surface area contributed by atoms with Crippen LogP contribution in [0.4, 0.5) is 5.69 Å². The van der Waals surface area contributed by atoms with Gasteiger partial charge in [-0.25, -0.2) is 9.97 Å². The average molecular weight is 378 g/mol. The number of hydrogen-bond acceptors (Lipinski definition) is 4. The van der Waals surface area contributed by atoms with Crippen molar-refractivity contribution in [3.63, 3.8) is 0 Å². The molecule has 0 spiro atoms. The van der Waals surface area contributed by atoms with Crippen molar-refractivity contribution in [2.45, 2.75) is 13.8 Å². The van der Waals surface area contributed by atoms with E-state index in [-0.39, 0.29) is 11.1 Å². The number of carbonyl (C=O) groups excluding carboxylic acids is 1. The van der Waals surface area contributed by atoms with Gasteiger partial charge in [-0.05, 0) is 67.4 Å². The summed E-state index contributed by atoms with van der Waals surface area (Å²) < 4.78 is 5.86. The molecule has 0 fully saturated rings. The van der Waals surface area contributed by atoms with E-state index in [0.717, 1.165) is 5.56 Å². The number of aryl methyl sites for hydroxylation is 2. The first-order valence-corrected chi connectivity index (χ1v) is 8.79. The maximum absolute atomic E-state index is 12.4. The van der Waals surface area contributed by atoms with Crippen LogP contribution >= 0.6 is 11.6 Å². The van der Waals surface area contributed by atoms with Gasteiger partial charge in [-0.15, -0.1) is 0 Å². The molecule has 4 rings (SSSR count). The predicted molar refractivity (Wildman–Crippen MR) is 106 cm³/mol. The number of aromatic nitrogens is 2. The second-order valence-electron chi connectivity index (χ2n) is 6.30. The molecule has 0 saturated carbocycles. The number of benzene rings is 2. The molecule has 2 heterocycles. The topological polar surface area (TPSA) is 68.0 Å². The van der Waals surface area contributed by atoms with E-state index in [1.165, 1.54) is 17.3 Å². The summed E-state index contributed by atoms with van der Waals surface area (Å²) in [7, 11) is 0. The van der Waals surface area contributed by atoms with Crippen LogP contribution in [0.25, 0.3) is 22.6 Å². The quantitative estimate of drug-likeness (QED) is 0.484. The summed E-state index contributed by atoms with van der Waals surface area (Å²) in [6, 6.07) is 14.7. The highest BCUT2D eigenvalue weighted by atomic mass is 35.5. The Balaban J connectivity index is 1.64. The van der Waals surface area contributed by atoms with Crippen molar-refractivity contribution in [1.82, 2.24) is 9.97 Å². The second kappa shape index (κ2) is 6.85. The van der Waals surface area contributed by atoms with Crippen molar-refractivity contribution in [1.29, 1.82) is 0 Å². The molecule has 4 aromatic rings. The molecule has 27 heavy (non-hydrogen) atoms. The number of oxazole rings is 1. The van der Waals surface area contributed by atoms with Gasteiger partial charge in [-0.1, -0.05) is 17.7 Å². The lowest BCUT2D eigenvalue weighted by Gasteiger charge is -2.05. The van der Waals surface area contributed by atoms with E-state index >= 15 is 0 Å². The number of anilines is 1. The Labute approximate surface area is 161 Å². The second-order valence-corrected chi connectivity index (χ2v) is 6.65. The smallest absolute Gasteiger partial charge is 0.258 e. The zero-order valence-corrected chi connectivity index (χ0v) is 15.5. The Morgan fingerprint density at radius 2 is 1.93 bits per heavy atom. The number of hydrogen-bond donors (Lipinski definition) is 1. The number of amides is 1. The van der Waals surface area contributed by atoms with Crippen molar-refractivity contribution in [3.8, 4) is 11.5 Å². The highest BCUT2D eigenvalue weighted by Crippen LogP contribution is 2.27. The van der Waals surface area contributed by atoms with E-state index in [2.05, 4.69) is 29.1 Å². The molecule has 1 amide bonds. The molecule has 2 aromatic heterocycles. The third-order valence-corrected chi connectivity index (χ3v) is 4.70. The lowest BCUT2D eigenvalue weighted by Crippen LogP contribution is -2.12. The van der Waals surface area contributed by atoms with Crippen LogP contribution in [0.2, 0.25) is 5.15 Å². The maximum atomic E-state index is 12.4. The Bertz CT molecular complexity index is 1170. The molecule has 1 N–H and O–H groups in total. The number of halogens is 1. The Kier molecular flexibility index (Phi) is 4.38. The van der Waals surface area contributed by atoms with E-state index in [1.807, 2.05) is 18.2 Å². The van der Waals surface area contributed by atoms with Crippen LogP contribution in [0.15, 0.2) is 59.1 Å². The van der Waals surface area contributed by atoms with Crippen LogP contribution in [0.1, 0.15) is 21.5 Å². The average Bonchev–Trinajstić information content (AvgIpc) is 3.07. The van der Waals surface area contributed by atoms with E-state index in [1.54, 1.807) is 30.3 Å². The van der Waals surface area contributed by atoms with Crippen LogP contribution in [-0.4, -0.2) is 15.9 Å². The summed E-state index contributed by atoms with van der Waals surface area (Å²) >= 11 is 5.98. The predicted octanol–water partition coefficient (Wildman–Crippen LogP) is 5.41. The number of nitrogens with one attached hydrogen (secondary N) is 1. The van der Waals surface area contributed by atoms with Gasteiger partial charge in [-0.3, -0.25) is 4.79 Å². The van der Waals surface area contributed by atoms with Gasteiger partial charge in [0.15, 0.2) is 5.58 Å². The highest BCUT2D eigenvalue weighted by molar-refractivity contribution is 6.33. The summed E-state index contributed by atoms with van der Waals surface area (Å²) in [6.07, 6.45) is 1.54. The standard InChI is InChI=1S/C21H16ClN3O2/c1-12-5-6-14(10-13(12)2)21-25-17-11-15(7-8-18(17)27-21)24-20(26)16-4-3-9-23-19(16)22/h3-11H,1-2H3,(H,24,26). The van der Waals surface area contributed by atoms with Gasteiger partial charge in [0.25, 0.3) is 5.91 Å². The van der Waals surface area contributed by atoms with Gasteiger partial charge in [0.1, 0.15) is 10.7 Å². The first-order chi connectivity index (χ1) is 13.0. The van der Waals surface area contributed by atoms with Gasteiger partial charge >= 0.3 is 0 Å². The summed E-state index contributed by atoms with van der Waals surface area (Å²) in [6.45, 7) is 4.12. The summed E-state index contributed by atoms with van der Waals surface area (Å²) in [5.41, 5.74) is 5.55. The number of carbonyl (C=O) groups is 1. The van der Waals surface area contributed by atoms with Crippen molar-refractivity contribution in [2.75, 3.05) is 5.32 Å². The van der Waals surface area contributed by atoms with Crippen molar-refractivity contribution < 1.29 is 9.21 Å². The molecule has 5 nitrogen and oxygen atoms in total. The minimum atomic E-state index is -0.328. The van der Waals surface area contributed by atoms with E-state index in [9.17, 15) is 4.79 Å². The molecule has 0 unspecified atom stereocenters. The minimum absolute atomic E-state index is 0.162. The third kappa shape index (κ3) is 3.41.